The van der Waals surface area contributed by atoms with Crippen LogP contribution in [0.15, 0.2) is 63.8 Å². The van der Waals surface area contributed by atoms with Crippen LogP contribution in [0, 0.1) is 0 Å². The summed E-state index contributed by atoms with van der Waals surface area (Å²) in [5.74, 6) is -0.0497. The Morgan fingerprint density at radius 3 is 2.40 bits per heavy atom. The Hall–Kier alpha value is -2.81. The van der Waals surface area contributed by atoms with E-state index in [0.29, 0.717) is 16.6 Å². The highest BCUT2D eigenvalue weighted by atomic mass is 16.3. The van der Waals surface area contributed by atoms with Gasteiger partial charge in [-0.2, -0.15) is 0 Å². The third kappa shape index (κ3) is 1.43. The standard InChI is InChI=1S/C17H10O3/c18-13-6-3-7-14-16(13)17(19)12-8-10-4-1-2-5-11(10)9-15(12)20-14/h1-9,18H. The van der Waals surface area contributed by atoms with Gasteiger partial charge in [0.25, 0.3) is 0 Å². The number of hydrogen-bond donors (Lipinski definition) is 1. The van der Waals surface area contributed by atoms with Crippen LogP contribution in [0.25, 0.3) is 32.7 Å². The molecule has 0 aliphatic carbocycles. The van der Waals surface area contributed by atoms with Gasteiger partial charge in [0.15, 0.2) is 0 Å². The summed E-state index contributed by atoms with van der Waals surface area (Å²) in [6.07, 6.45) is 0. The molecule has 0 amide bonds. The number of fused-ring (bicyclic) bond motifs is 3. The minimum absolute atomic E-state index is 0.0497. The fourth-order valence-corrected chi connectivity index (χ4v) is 2.57. The summed E-state index contributed by atoms with van der Waals surface area (Å²) in [7, 11) is 0. The predicted molar refractivity (Wildman–Crippen MR) is 79.2 cm³/mol. The Kier molecular flexibility index (Phi) is 2.12. The van der Waals surface area contributed by atoms with Gasteiger partial charge in [-0.1, -0.05) is 30.3 Å². The summed E-state index contributed by atoms with van der Waals surface area (Å²) in [6.45, 7) is 0. The Labute approximate surface area is 113 Å². The maximum atomic E-state index is 12.5. The molecule has 0 spiro atoms. The summed E-state index contributed by atoms with van der Waals surface area (Å²) < 4.78 is 5.76. The predicted octanol–water partition coefficient (Wildman–Crippen LogP) is 3.81. The van der Waals surface area contributed by atoms with Crippen molar-refractivity contribution in [1.82, 2.24) is 0 Å². The van der Waals surface area contributed by atoms with Gasteiger partial charge in [0.2, 0.25) is 5.43 Å². The van der Waals surface area contributed by atoms with E-state index in [-0.39, 0.29) is 16.6 Å². The Balaban J connectivity index is 2.30. The maximum absolute atomic E-state index is 12.5. The zero-order chi connectivity index (χ0) is 13.7. The lowest BCUT2D eigenvalue weighted by atomic mass is 10.1. The first-order valence-corrected chi connectivity index (χ1v) is 6.31. The number of aromatic hydroxyl groups is 1. The first-order chi connectivity index (χ1) is 9.74. The summed E-state index contributed by atoms with van der Waals surface area (Å²) in [5.41, 5.74) is 0.731. The van der Waals surface area contributed by atoms with E-state index in [4.69, 9.17) is 4.42 Å². The van der Waals surface area contributed by atoms with E-state index in [9.17, 15) is 9.90 Å². The van der Waals surface area contributed by atoms with Gasteiger partial charge in [-0.25, -0.2) is 0 Å². The van der Waals surface area contributed by atoms with Crippen LogP contribution in [0.5, 0.6) is 5.75 Å². The first-order valence-electron chi connectivity index (χ1n) is 6.31. The van der Waals surface area contributed by atoms with Crippen molar-refractivity contribution in [2.24, 2.45) is 0 Å². The SMILES string of the molecule is O=c1c2cc3ccccc3cc2oc2cccc(O)c12. The molecule has 96 valence electrons. The Morgan fingerprint density at radius 1 is 0.850 bits per heavy atom. The molecule has 3 nitrogen and oxygen atoms in total. The van der Waals surface area contributed by atoms with Crippen molar-refractivity contribution in [3.8, 4) is 5.75 Å². The van der Waals surface area contributed by atoms with Gasteiger partial charge in [0.05, 0.1) is 5.39 Å². The van der Waals surface area contributed by atoms with Crippen molar-refractivity contribution in [3.05, 3.63) is 64.8 Å². The molecule has 0 bridgehead atoms. The largest absolute Gasteiger partial charge is 0.507 e. The molecule has 0 aliphatic rings. The summed E-state index contributed by atoms with van der Waals surface area (Å²) in [6, 6.07) is 16.3. The van der Waals surface area contributed by atoms with Crippen LogP contribution in [0.4, 0.5) is 0 Å². The van der Waals surface area contributed by atoms with Crippen LogP contribution in [-0.2, 0) is 0 Å². The van der Waals surface area contributed by atoms with Crippen molar-refractivity contribution in [2.75, 3.05) is 0 Å². The Morgan fingerprint density at radius 2 is 1.60 bits per heavy atom. The molecule has 0 radical (unpaired) electrons. The topological polar surface area (TPSA) is 50.4 Å². The molecule has 1 N–H and O–H groups in total. The lowest BCUT2D eigenvalue weighted by Crippen LogP contribution is -2.02. The zero-order valence-electron chi connectivity index (χ0n) is 10.5. The number of rotatable bonds is 0. The quantitative estimate of drug-likeness (QED) is 0.490. The summed E-state index contributed by atoms with van der Waals surface area (Å²) >= 11 is 0. The van der Waals surface area contributed by atoms with E-state index in [2.05, 4.69) is 0 Å². The molecule has 0 unspecified atom stereocenters. The first kappa shape index (κ1) is 11.1. The second-order valence-corrected chi connectivity index (χ2v) is 4.78. The van der Waals surface area contributed by atoms with Crippen LogP contribution in [0.3, 0.4) is 0 Å². The minimum atomic E-state index is -0.204. The molecule has 0 fully saturated rings. The van der Waals surface area contributed by atoms with Gasteiger partial charge in [0, 0.05) is 0 Å². The molecule has 0 aliphatic heterocycles. The van der Waals surface area contributed by atoms with Crippen molar-refractivity contribution in [2.45, 2.75) is 0 Å². The van der Waals surface area contributed by atoms with Crippen molar-refractivity contribution < 1.29 is 9.52 Å². The van der Waals surface area contributed by atoms with E-state index in [1.54, 1.807) is 12.1 Å². The van der Waals surface area contributed by atoms with Gasteiger partial charge < -0.3 is 9.52 Å². The van der Waals surface area contributed by atoms with E-state index in [1.165, 1.54) is 6.07 Å². The van der Waals surface area contributed by atoms with Gasteiger partial charge in [0.1, 0.15) is 22.3 Å². The average Bonchev–Trinajstić information content (AvgIpc) is 2.46. The lowest BCUT2D eigenvalue weighted by molar-refractivity contribution is 0.480. The van der Waals surface area contributed by atoms with Crippen LogP contribution < -0.4 is 5.43 Å². The highest BCUT2D eigenvalue weighted by Crippen LogP contribution is 2.27. The molecule has 20 heavy (non-hydrogen) atoms. The molecule has 4 aromatic rings. The zero-order valence-corrected chi connectivity index (χ0v) is 10.5. The molecule has 1 heterocycles. The average molecular weight is 262 g/mol. The van der Waals surface area contributed by atoms with E-state index >= 15 is 0 Å². The summed E-state index contributed by atoms with van der Waals surface area (Å²) in [4.78, 5) is 12.5. The highest BCUT2D eigenvalue weighted by molar-refractivity contribution is 6.00. The van der Waals surface area contributed by atoms with Crippen molar-refractivity contribution in [3.63, 3.8) is 0 Å². The van der Waals surface area contributed by atoms with Crippen molar-refractivity contribution in [1.29, 1.82) is 0 Å². The molecule has 3 heteroatoms. The molecule has 0 saturated heterocycles. The third-order valence-electron chi connectivity index (χ3n) is 3.54. The van der Waals surface area contributed by atoms with E-state index in [1.807, 2.05) is 36.4 Å². The maximum Gasteiger partial charge on any atom is 0.204 e. The molecule has 0 saturated carbocycles. The summed E-state index contributed by atoms with van der Waals surface area (Å²) in [5, 5.41) is 12.6. The molecular formula is C17H10O3. The number of hydrogen-bond acceptors (Lipinski definition) is 3. The lowest BCUT2D eigenvalue weighted by Gasteiger charge is -2.04. The molecule has 1 aromatic heterocycles. The minimum Gasteiger partial charge on any atom is -0.507 e. The fourth-order valence-electron chi connectivity index (χ4n) is 2.57. The number of phenols is 1. The molecule has 0 atom stereocenters. The third-order valence-corrected chi connectivity index (χ3v) is 3.54. The number of phenolic OH excluding ortho intramolecular Hbond substituents is 1. The van der Waals surface area contributed by atoms with Gasteiger partial charge in [-0.15, -0.1) is 0 Å². The fraction of sp³-hybridized carbons (Fsp3) is 0. The Bertz CT molecular complexity index is 1030. The van der Waals surface area contributed by atoms with E-state index < -0.39 is 0 Å². The normalized spacial score (nSPS) is 11.4. The van der Waals surface area contributed by atoms with Gasteiger partial charge in [-0.3, -0.25) is 4.79 Å². The van der Waals surface area contributed by atoms with E-state index in [0.717, 1.165) is 10.8 Å². The monoisotopic (exact) mass is 262 g/mol. The molecular weight excluding hydrogens is 252 g/mol. The highest BCUT2D eigenvalue weighted by Gasteiger charge is 2.11. The second-order valence-electron chi connectivity index (χ2n) is 4.78. The van der Waals surface area contributed by atoms with Gasteiger partial charge in [-0.05, 0) is 35.0 Å². The van der Waals surface area contributed by atoms with Crippen LogP contribution >= 0.6 is 0 Å². The molecule has 4 rings (SSSR count). The second kappa shape index (κ2) is 3.84. The number of benzene rings is 3. The van der Waals surface area contributed by atoms with Crippen molar-refractivity contribution >= 4 is 32.7 Å². The van der Waals surface area contributed by atoms with Crippen LogP contribution in [0.1, 0.15) is 0 Å². The van der Waals surface area contributed by atoms with Crippen LogP contribution in [0.2, 0.25) is 0 Å². The van der Waals surface area contributed by atoms with Gasteiger partial charge >= 0.3 is 0 Å². The smallest absolute Gasteiger partial charge is 0.204 e. The molecule has 3 aromatic carbocycles. The van der Waals surface area contributed by atoms with Crippen LogP contribution in [-0.4, -0.2) is 5.11 Å².